The lowest BCUT2D eigenvalue weighted by Gasteiger charge is -2.28. The van der Waals surface area contributed by atoms with Gasteiger partial charge >= 0.3 is 12.4 Å². The number of carbonyl (C=O) groups is 1. The number of aliphatic hydroxyl groups is 1. The van der Waals surface area contributed by atoms with E-state index in [9.17, 15) is 36.2 Å². The van der Waals surface area contributed by atoms with Crippen LogP contribution in [0, 0.1) is 0 Å². The van der Waals surface area contributed by atoms with Crippen molar-refractivity contribution >= 4 is 5.91 Å². The van der Waals surface area contributed by atoms with E-state index in [4.69, 9.17) is 4.74 Å². The number of aliphatic hydroxyl groups excluding tert-OH is 1. The molecule has 0 spiro atoms. The van der Waals surface area contributed by atoms with Gasteiger partial charge in [-0.05, 0) is 55.3 Å². The third-order valence-corrected chi connectivity index (χ3v) is 6.65. The molecule has 0 bridgehead atoms. The smallest absolute Gasteiger partial charge is 0.374 e. The third kappa shape index (κ3) is 6.08. The predicted molar refractivity (Wildman–Crippen MR) is 121 cm³/mol. The Morgan fingerprint density at radius 3 is 2.11 bits per heavy atom. The maximum Gasteiger partial charge on any atom is 0.416 e. The zero-order chi connectivity index (χ0) is 26.8. The Balaban J connectivity index is 1.55. The van der Waals surface area contributed by atoms with Crippen LogP contribution in [0.2, 0.25) is 0 Å². The van der Waals surface area contributed by atoms with Crippen LogP contribution < -0.4 is 5.32 Å². The van der Waals surface area contributed by atoms with Gasteiger partial charge in [0.25, 0.3) is 5.91 Å². The molecule has 0 saturated carbocycles. The minimum Gasteiger partial charge on any atom is -0.374 e. The number of carbonyl (C=O) groups excluding carboxylic acids is 1. The van der Waals surface area contributed by atoms with E-state index < -0.39 is 54.5 Å². The van der Waals surface area contributed by atoms with Crippen molar-refractivity contribution in [1.29, 1.82) is 0 Å². The Morgan fingerprint density at radius 1 is 0.946 bits per heavy atom. The van der Waals surface area contributed by atoms with Crippen molar-refractivity contribution in [2.24, 2.45) is 0 Å². The van der Waals surface area contributed by atoms with E-state index in [0.717, 1.165) is 25.9 Å². The fourth-order valence-corrected chi connectivity index (χ4v) is 4.74. The van der Waals surface area contributed by atoms with Crippen molar-refractivity contribution in [2.45, 2.75) is 43.7 Å². The first kappa shape index (κ1) is 27.4. The second-order valence-electron chi connectivity index (χ2n) is 9.24. The number of ether oxygens (including phenoxy) is 1. The lowest BCUT2D eigenvalue weighted by atomic mass is 9.90. The number of rotatable bonds is 8. The summed E-state index contributed by atoms with van der Waals surface area (Å²) in [7, 11) is 0. The van der Waals surface area contributed by atoms with Crippen molar-refractivity contribution in [3.8, 4) is 0 Å². The quantitative estimate of drug-likeness (QED) is 0.506. The molecular formula is C25H27F6N3O3. The van der Waals surface area contributed by atoms with Crippen molar-refractivity contribution < 1.29 is 41.0 Å². The Hall–Kier alpha value is -2.67. The molecule has 6 nitrogen and oxygen atoms in total. The van der Waals surface area contributed by atoms with Gasteiger partial charge in [-0.15, -0.1) is 0 Å². The highest BCUT2D eigenvalue weighted by molar-refractivity contribution is 5.90. The molecule has 2 aliphatic rings. The number of likely N-dealkylation sites (tertiary alicyclic amines) is 1. The number of nitrogens with one attached hydrogen (secondary N) is 1. The summed E-state index contributed by atoms with van der Waals surface area (Å²) < 4.78 is 84.8. The number of hydrogen-bond donors (Lipinski definition) is 2. The molecule has 0 radical (unpaired) electrons. The lowest BCUT2D eigenvalue weighted by molar-refractivity contribution is -0.143. The zero-order valence-electron chi connectivity index (χ0n) is 19.8. The molecule has 0 aliphatic carbocycles. The van der Waals surface area contributed by atoms with Crippen LogP contribution in [0.25, 0.3) is 0 Å². The van der Waals surface area contributed by atoms with Gasteiger partial charge in [0.1, 0.15) is 0 Å². The van der Waals surface area contributed by atoms with Gasteiger partial charge in [0, 0.05) is 13.1 Å². The topological polar surface area (TPSA) is 65.0 Å². The largest absolute Gasteiger partial charge is 0.416 e. The van der Waals surface area contributed by atoms with Gasteiger partial charge in [0.05, 0.1) is 24.3 Å². The molecule has 2 heterocycles. The molecule has 2 saturated heterocycles. The molecule has 4 rings (SSSR count). The average Bonchev–Trinajstić information content (AvgIpc) is 3.44. The van der Waals surface area contributed by atoms with Gasteiger partial charge in [-0.1, -0.05) is 30.3 Å². The second-order valence-corrected chi connectivity index (χ2v) is 9.24. The summed E-state index contributed by atoms with van der Waals surface area (Å²) in [5.41, 5.74) is -4.36. The van der Waals surface area contributed by atoms with Gasteiger partial charge in [0.2, 0.25) is 0 Å². The van der Waals surface area contributed by atoms with E-state index in [1.807, 2.05) is 0 Å². The molecular weight excluding hydrogens is 504 g/mol. The normalized spacial score (nSPS) is 23.3. The third-order valence-electron chi connectivity index (χ3n) is 6.65. The summed E-state index contributed by atoms with van der Waals surface area (Å²) in [5.74, 6) is -0.495. The van der Waals surface area contributed by atoms with Crippen LogP contribution in [0.1, 0.15) is 35.1 Å². The summed E-state index contributed by atoms with van der Waals surface area (Å²) >= 11 is 0. The van der Waals surface area contributed by atoms with E-state index in [2.05, 4.69) is 10.2 Å². The van der Waals surface area contributed by atoms with Crippen LogP contribution in [0.5, 0.6) is 0 Å². The highest BCUT2D eigenvalue weighted by Crippen LogP contribution is 2.37. The van der Waals surface area contributed by atoms with Crippen molar-refractivity contribution in [1.82, 2.24) is 15.1 Å². The minimum atomic E-state index is -4.98. The number of alkyl halides is 6. The van der Waals surface area contributed by atoms with Crippen LogP contribution in [-0.2, 0) is 34.0 Å². The fourth-order valence-electron chi connectivity index (χ4n) is 4.74. The van der Waals surface area contributed by atoms with Crippen LogP contribution >= 0.6 is 0 Å². The van der Waals surface area contributed by atoms with E-state index in [0.29, 0.717) is 24.2 Å². The van der Waals surface area contributed by atoms with Gasteiger partial charge in [-0.2, -0.15) is 26.3 Å². The molecule has 12 heteroatoms. The Bertz CT molecular complexity index is 1060. The summed E-state index contributed by atoms with van der Waals surface area (Å²) in [6.45, 7) is 1.56. The minimum absolute atomic E-state index is 0.0472. The van der Waals surface area contributed by atoms with Gasteiger partial charge in [-0.25, -0.2) is 0 Å². The van der Waals surface area contributed by atoms with Gasteiger partial charge < -0.3 is 19.6 Å². The maximum atomic E-state index is 13.6. The molecule has 2 fully saturated rings. The first-order valence-corrected chi connectivity index (χ1v) is 11.8. The highest BCUT2D eigenvalue weighted by atomic mass is 19.4. The summed E-state index contributed by atoms with van der Waals surface area (Å²) in [6.07, 6.45) is -9.19. The summed E-state index contributed by atoms with van der Waals surface area (Å²) in [6, 6.07) is 9.57. The van der Waals surface area contributed by atoms with Crippen LogP contribution in [0.15, 0.2) is 48.5 Å². The molecule has 2 aliphatic heterocycles. The second kappa shape index (κ2) is 10.6. The molecule has 2 aromatic rings. The average molecular weight is 531 g/mol. The lowest BCUT2D eigenvalue weighted by Crippen LogP contribution is -2.48. The van der Waals surface area contributed by atoms with E-state index in [1.165, 1.54) is 4.90 Å². The molecule has 37 heavy (non-hydrogen) atoms. The predicted octanol–water partition coefficient (Wildman–Crippen LogP) is 3.94. The molecule has 1 amide bonds. The number of benzene rings is 2. The Morgan fingerprint density at radius 2 is 1.54 bits per heavy atom. The molecule has 202 valence electrons. The van der Waals surface area contributed by atoms with Crippen molar-refractivity contribution in [3.05, 3.63) is 70.8 Å². The molecule has 2 unspecified atom stereocenters. The first-order valence-electron chi connectivity index (χ1n) is 11.8. The summed E-state index contributed by atoms with van der Waals surface area (Å²) in [5, 5.41) is 13.5. The van der Waals surface area contributed by atoms with Gasteiger partial charge in [-0.3, -0.25) is 10.1 Å². The molecule has 2 N–H and O–H groups in total. The van der Waals surface area contributed by atoms with E-state index in [-0.39, 0.29) is 18.2 Å². The molecule has 2 aromatic carbocycles. The van der Waals surface area contributed by atoms with E-state index in [1.54, 1.807) is 30.3 Å². The summed E-state index contributed by atoms with van der Waals surface area (Å²) in [4.78, 5) is 17.0. The SMILES string of the molecule is O=C1N(CCN2CCCC2)C(O)NC1(COCc1cc(C(F)(F)F)cc(C(F)(F)F)c1)c1ccccc1. The monoisotopic (exact) mass is 531 g/mol. The number of halogens is 6. The number of amides is 1. The Kier molecular flexibility index (Phi) is 7.84. The first-order chi connectivity index (χ1) is 17.4. The van der Waals surface area contributed by atoms with E-state index >= 15 is 0 Å². The number of nitrogens with zero attached hydrogens (tertiary/aromatic N) is 2. The standard InChI is InChI=1S/C25H27F6N3O3/c26-24(27,28)19-12-17(13-20(14-19)25(29,30)31)15-37-16-23(18-6-2-1-3-7-18)21(35)34(22(36)32-23)11-10-33-8-4-5-9-33/h1-3,6-7,12-14,22,32,36H,4-5,8-11,15-16H2. The molecule has 0 aromatic heterocycles. The van der Waals surface area contributed by atoms with Crippen LogP contribution in [-0.4, -0.2) is 60.0 Å². The molecule has 2 atom stereocenters. The highest BCUT2D eigenvalue weighted by Gasteiger charge is 2.52. The van der Waals surface area contributed by atoms with Gasteiger partial charge in [0.15, 0.2) is 11.9 Å². The zero-order valence-corrected chi connectivity index (χ0v) is 19.8. The van der Waals surface area contributed by atoms with Crippen molar-refractivity contribution in [3.63, 3.8) is 0 Å². The Labute approximate surface area is 209 Å². The van der Waals surface area contributed by atoms with Crippen LogP contribution in [0.4, 0.5) is 26.3 Å². The number of hydrogen-bond acceptors (Lipinski definition) is 5. The van der Waals surface area contributed by atoms with Crippen molar-refractivity contribution in [2.75, 3.05) is 32.8 Å². The fraction of sp³-hybridized carbons (Fsp3) is 0.480. The van der Waals surface area contributed by atoms with Crippen LogP contribution in [0.3, 0.4) is 0 Å². The maximum absolute atomic E-state index is 13.6.